The molecule has 0 fully saturated rings. The van der Waals surface area contributed by atoms with Crippen LogP contribution in [-0.2, 0) is 0 Å². The summed E-state index contributed by atoms with van der Waals surface area (Å²) in [6.45, 7) is 1.89. The molecule has 0 bridgehead atoms. The molecule has 0 aliphatic rings. The fourth-order valence-corrected chi connectivity index (χ4v) is 1.26. The zero-order chi connectivity index (χ0) is 11.3. The maximum atomic E-state index is 5.67. The van der Waals surface area contributed by atoms with Crippen LogP contribution in [0.5, 0.6) is 17.2 Å². The zero-order valence-electron chi connectivity index (χ0n) is 9.12. The van der Waals surface area contributed by atoms with Gasteiger partial charge in [-0.1, -0.05) is 6.07 Å². The van der Waals surface area contributed by atoms with Gasteiger partial charge in [0, 0.05) is 0 Å². The number of rotatable bonds is 5. The van der Waals surface area contributed by atoms with Crippen LogP contribution in [-0.4, -0.2) is 26.2 Å². The van der Waals surface area contributed by atoms with Crippen LogP contribution in [0.1, 0.15) is 6.92 Å². The van der Waals surface area contributed by atoms with E-state index in [9.17, 15) is 0 Å². The van der Waals surface area contributed by atoms with Gasteiger partial charge < -0.3 is 14.2 Å². The molecule has 0 aliphatic carbocycles. The van der Waals surface area contributed by atoms with Crippen molar-refractivity contribution in [2.75, 3.05) is 20.1 Å². The molecule has 1 aromatic carbocycles. The molecular weight excluding hydrogens is 216 g/mol. The molecule has 0 saturated carbocycles. The first-order valence-electron chi connectivity index (χ1n) is 4.66. The van der Waals surface area contributed by atoms with Crippen molar-refractivity contribution in [3.8, 4) is 17.2 Å². The summed E-state index contributed by atoms with van der Waals surface area (Å²) in [5.74, 6) is 2.32. The van der Waals surface area contributed by atoms with Gasteiger partial charge in [-0.3, -0.25) is 0 Å². The van der Waals surface area contributed by atoms with Crippen LogP contribution in [0.25, 0.3) is 0 Å². The standard InChI is InChI=1S/C11H15ClO3/c1-8(7-12)15-10-6-4-5-9(13-2)11(10)14-3/h4-6,8H,7H2,1-3H3. The third kappa shape index (κ3) is 2.93. The fraction of sp³-hybridized carbons (Fsp3) is 0.455. The second kappa shape index (κ2) is 5.71. The van der Waals surface area contributed by atoms with Crippen LogP contribution < -0.4 is 14.2 Å². The number of halogens is 1. The first-order valence-corrected chi connectivity index (χ1v) is 5.20. The minimum Gasteiger partial charge on any atom is -0.493 e. The SMILES string of the molecule is COc1cccc(OC(C)CCl)c1OC. The maximum absolute atomic E-state index is 5.67. The lowest BCUT2D eigenvalue weighted by atomic mass is 10.3. The lowest BCUT2D eigenvalue weighted by molar-refractivity contribution is 0.229. The molecule has 0 saturated heterocycles. The van der Waals surface area contributed by atoms with E-state index in [1.165, 1.54) is 0 Å². The van der Waals surface area contributed by atoms with Crippen LogP contribution in [0, 0.1) is 0 Å². The molecule has 1 unspecified atom stereocenters. The van der Waals surface area contributed by atoms with Gasteiger partial charge in [-0.25, -0.2) is 0 Å². The summed E-state index contributed by atoms with van der Waals surface area (Å²) in [5.41, 5.74) is 0. The second-order valence-corrected chi connectivity index (χ2v) is 3.38. The normalized spacial score (nSPS) is 12.0. The van der Waals surface area contributed by atoms with Gasteiger partial charge >= 0.3 is 0 Å². The average molecular weight is 231 g/mol. The van der Waals surface area contributed by atoms with E-state index in [0.717, 1.165) is 0 Å². The Kier molecular flexibility index (Phi) is 4.56. The number of methoxy groups -OCH3 is 2. The minimum absolute atomic E-state index is 0.0623. The maximum Gasteiger partial charge on any atom is 0.203 e. The Hall–Kier alpha value is -1.09. The van der Waals surface area contributed by atoms with E-state index >= 15 is 0 Å². The van der Waals surface area contributed by atoms with Crippen LogP contribution in [0.2, 0.25) is 0 Å². The van der Waals surface area contributed by atoms with Gasteiger partial charge in [0.25, 0.3) is 0 Å². The van der Waals surface area contributed by atoms with E-state index in [4.69, 9.17) is 25.8 Å². The molecular formula is C11H15ClO3. The van der Waals surface area contributed by atoms with Gasteiger partial charge in [0.15, 0.2) is 11.5 Å². The number of alkyl halides is 1. The van der Waals surface area contributed by atoms with Crippen molar-refractivity contribution in [1.29, 1.82) is 0 Å². The number of benzene rings is 1. The van der Waals surface area contributed by atoms with Gasteiger partial charge in [-0.05, 0) is 19.1 Å². The third-order valence-corrected chi connectivity index (χ3v) is 2.35. The Morgan fingerprint density at radius 1 is 1.20 bits per heavy atom. The molecule has 0 aromatic heterocycles. The molecule has 0 spiro atoms. The molecule has 15 heavy (non-hydrogen) atoms. The predicted octanol–water partition coefficient (Wildman–Crippen LogP) is 2.71. The highest BCUT2D eigenvalue weighted by atomic mass is 35.5. The highest BCUT2D eigenvalue weighted by molar-refractivity contribution is 6.18. The number of hydrogen-bond donors (Lipinski definition) is 0. The molecule has 0 aliphatic heterocycles. The van der Waals surface area contributed by atoms with Crippen LogP contribution in [0.15, 0.2) is 18.2 Å². The zero-order valence-corrected chi connectivity index (χ0v) is 9.88. The first kappa shape index (κ1) is 12.0. The number of ether oxygens (including phenoxy) is 3. The van der Waals surface area contributed by atoms with Crippen molar-refractivity contribution in [3.05, 3.63) is 18.2 Å². The summed E-state index contributed by atoms with van der Waals surface area (Å²) in [4.78, 5) is 0. The summed E-state index contributed by atoms with van der Waals surface area (Å²) in [6.07, 6.45) is -0.0623. The quantitative estimate of drug-likeness (QED) is 0.728. The summed E-state index contributed by atoms with van der Waals surface area (Å²) < 4.78 is 16.0. The fourth-order valence-electron chi connectivity index (χ4n) is 1.20. The molecule has 1 aromatic rings. The van der Waals surface area contributed by atoms with Crippen molar-refractivity contribution >= 4 is 11.6 Å². The Bertz CT molecular complexity index is 315. The number of para-hydroxylation sites is 1. The van der Waals surface area contributed by atoms with E-state index in [1.54, 1.807) is 14.2 Å². The molecule has 0 heterocycles. The van der Waals surface area contributed by atoms with Gasteiger partial charge in [-0.15, -0.1) is 11.6 Å². The first-order chi connectivity index (χ1) is 7.22. The Balaban J connectivity index is 2.95. The molecule has 0 radical (unpaired) electrons. The molecule has 1 atom stereocenters. The monoisotopic (exact) mass is 230 g/mol. The predicted molar refractivity (Wildman–Crippen MR) is 60.4 cm³/mol. The minimum atomic E-state index is -0.0623. The van der Waals surface area contributed by atoms with Gasteiger partial charge in [-0.2, -0.15) is 0 Å². The van der Waals surface area contributed by atoms with E-state index in [1.807, 2.05) is 25.1 Å². The van der Waals surface area contributed by atoms with Crippen molar-refractivity contribution in [3.63, 3.8) is 0 Å². The molecule has 0 amide bonds. The highest BCUT2D eigenvalue weighted by Crippen LogP contribution is 2.37. The lowest BCUT2D eigenvalue weighted by Crippen LogP contribution is -2.13. The van der Waals surface area contributed by atoms with Crippen molar-refractivity contribution in [2.24, 2.45) is 0 Å². The summed E-state index contributed by atoms with van der Waals surface area (Å²) in [7, 11) is 3.17. The topological polar surface area (TPSA) is 27.7 Å². The van der Waals surface area contributed by atoms with Crippen LogP contribution in [0.3, 0.4) is 0 Å². The van der Waals surface area contributed by atoms with Crippen LogP contribution in [0.4, 0.5) is 0 Å². The Morgan fingerprint density at radius 3 is 2.40 bits per heavy atom. The summed E-state index contributed by atoms with van der Waals surface area (Å²) >= 11 is 5.67. The third-order valence-electron chi connectivity index (χ3n) is 1.91. The van der Waals surface area contributed by atoms with Crippen molar-refractivity contribution in [1.82, 2.24) is 0 Å². The average Bonchev–Trinajstić information content (AvgIpc) is 2.28. The Labute approximate surface area is 94.9 Å². The van der Waals surface area contributed by atoms with Gasteiger partial charge in [0.05, 0.1) is 20.1 Å². The van der Waals surface area contributed by atoms with E-state index in [0.29, 0.717) is 23.1 Å². The largest absolute Gasteiger partial charge is 0.493 e. The van der Waals surface area contributed by atoms with Gasteiger partial charge in [0.2, 0.25) is 5.75 Å². The van der Waals surface area contributed by atoms with E-state index in [2.05, 4.69) is 0 Å². The molecule has 1 rings (SSSR count). The van der Waals surface area contributed by atoms with E-state index < -0.39 is 0 Å². The lowest BCUT2D eigenvalue weighted by Gasteiger charge is -2.16. The molecule has 0 N–H and O–H groups in total. The Morgan fingerprint density at radius 2 is 1.87 bits per heavy atom. The van der Waals surface area contributed by atoms with Gasteiger partial charge in [0.1, 0.15) is 6.10 Å². The highest BCUT2D eigenvalue weighted by Gasteiger charge is 2.12. The van der Waals surface area contributed by atoms with Crippen LogP contribution >= 0.6 is 11.6 Å². The number of hydrogen-bond acceptors (Lipinski definition) is 3. The molecule has 3 nitrogen and oxygen atoms in total. The van der Waals surface area contributed by atoms with Crippen molar-refractivity contribution in [2.45, 2.75) is 13.0 Å². The summed E-state index contributed by atoms with van der Waals surface area (Å²) in [5, 5.41) is 0. The van der Waals surface area contributed by atoms with Crippen molar-refractivity contribution < 1.29 is 14.2 Å². The second-order valence-electron chi connectivity index (χ2n) is 3.07. The van der Waals surface area contributed by atoms with E-state index in [-0.39, 0.29) is 6.10 Å². The molecule has 84 valence electrons. The summed E-state index contributed by atoms with van der Waals surface area (Å²) in [6, 6.07) is 5.49. The smallest absolute Gasteiger partial charge is 0.203 e. The molecule has 4 heteroatoms.